The van der Waals surface area contributed by atoms with Crippen molar-refractivity contribution >= 4 is 16.5 Å². The highest BCUT2D eigenvalue weighted by Crippen LogP contribution is 2.34. The van der Waals surface area contributed by atoms with E-state index in [0.717, 1.165) is 18.2 Å². The summed E-state index contributed by atoms with van der Waals surface area (Å²) in [5.74, 6) is 0. The van der Waals surface area contributed by atoms with E-state index in [1.807, 2.05) is 0 Å². The Bertz CT molecular complexity index is 447. The maximum atomic E-state index is 5.91. The number of hydrogen-bond acceptors (Lipinski definition) is 5. The average molecular weight is 296 g/mol. The van der Waals surface area contributed by atoms with Crippen LogP contribution in [0, 0.1) is 0 Å². The summed E-state index contributed by atoms with van der Waals surface area (Å²) >= 11 is 1.78. The second-order valence-corrected chi connectivity index (χ2v) is 7.99. The highest BCUT2D eigenvalue weighted by Gasteiger charge is 2.27. The van der Waals surface area contributed by atoms with Gasteiger partial charge < -0.3 is 15.5 Å². The molecule has 114 valence electrons. The van der Waals surface area contributed by atoms with Gasteiger partial charge in [-0.1, -0.05) is 20.8 Å². The lowest BCUT2D eigenvalue weighted by Gasteiger charge is -2.36. The van der Waals surface area contributed by atoms with Gasteiger partial charge in [-0.15, -0.1) is 11.3 Å². The van der Waals surface area contributed by atoms with Crippen LogP contribution in [0.15, 0.2) is 0 Å². The van der Waals surface area contributed by atoms with Gasteiger partial charge in [0.25, 0.3) is 0 Å². The average Bonchev–Trinajstić information content (AvgIpc) is 2.83. The van der Waals surface area contributed by atoms with Gasteiger partial charge in [0, 0.05) is 36.0 Å². The number of nitrogens with two attached hydrogens (primary N) is 1. The van der Waals surface area contributed by atoms with Crippen LogP contribution in [-0.2, 0) is 12.0 Å². The quantitative estimate of drug-likeness (QED) is 0.930. The zero-order chi connectivity index (χ0) is 14.9. The summed E-state index contributed by atoms with van der Waals surface area (Å²) in [5.41, 5.74) is 7.15. The minimum atomic E-state index is 0.0696. The van der Waals surface area contributed by atoms with E-state index in [4.69, 9.17) is 10.7 Å². The molecule has 20 heavy (non-hydrogen) atoms. The second-order valence-electron chi connectivity index (χ2n) is 6.93. The first kappa shape index (κ1) is 15.7. The predicted molar refractivity (Wildman–Crippen MR) is 87.6 cm³/mol. The van der Waals surface area contributed by atoms with Crippen LogP contribution in [-0.4, -0.2) is 43.1 Å². The van der Waals surface area contributed by atoms with E-state index in [2.05, 4.69) is 44.7 Å². The highest BCUT2D eigenvalue weighted by atomic mass is 32.1. The van der Waals surface area contributed by atoms with Gasteiger partial charge in [0.1, 0.15) is 0 Å². The summed E-state index contributed by atoms with van der Waals surface area (Å²) in [6.45, 7) is 9.42. The van der Waals surface area contributed by atoms with Crippen LogP contribution < -0.4 is 10.6 Å². The number of aromatic nitrogens is 1. The van der Waals surface area contributed by atoms with Gasteiger partial charge in [0.2, 0.25) is 0 Å². The molecule has 0 amide bonds. The van der Waals surface area contributed by atoms with Crippen LogP contribution in [0.25, 0.3) is 0 Å². The molecule has 2 N–H and O–H groups in total. The molecule has 0 radical (unpaired) electrons. The second kappa shape index (κ2) is 6.00. The normalized spacial score (nSPS) is 20.8. The van der Waals surface area contributed by atoms with Crippen molar-refractivity contribution in [2.45, 2.75) is 51.6 Å². The van der Waals surface area contributed by atoms with Crippen molar-refractivity contribution in [2.24, 2.45) is 5.73 Å². The maximum absolute atomic E-state index is 5.91. The molecule has 1 aliphatic rings. The summed E-state index contributed by atoms with van der Waals surface area (Å²) in [6, 6.07) is 0.632. The van der Waals surface area contributed by atoms with Crippen molar-refractivity contribution < 1.29 is 0 Å². The van der Waals surface area contributed by atoms with Crippen LogP contribution >= 0.6 is 11.3 Å². The lowest BCUT2D eigenvalue weighted by molar-refractivity contribution is 0.258. The summed E-state index contributed by atoms with van der Waals surface area (Å²) in [4.78, 5) is 10.9. The van der Waals surface area contributed by atoms with Gasteiger partial charge in [-0.25, -0.2) is 4.98 Å². The number of rotatable bonds is 3. The molecular formula is C15H28N4S. The van der Waals surface area contributed by atoms with Crippen molar-refractivity contribution in [1.29, 1.82) is 0 Å². The van der Waals surface area contributed by atoms with Crippen molar-refractivity contribution in [3.63, 3.8) is 0 Å². The monoisotopic (exact) mass is 296 g/mol. The number of likely N-dealkylation sites (N-methyl/N-ethyl adjacent to an activating group) is 1. The first-order valence-corrected chi connectivity index (χ1v) is 8.26. The van der Waals surface area contributed by atoms with Gasteiger partial charge in [-0.2, -0.15) is 0 Å². The fraction of sp³-hybridized carbons (Fsp3) is 0.800. The van der Waals surface area contributed by atoms with E-state index in [-0.39, 0.29) is 5.41 Å². The molecule has 0 bridgehead atoms. The first-order valence-electron chi connectivity index (χ1n) is 7.44. The molecule has 1 aromatic rings. The zero-order valence-corrected chi connectivity index (χ0v) is 14.3. The smallest absolute Gasteiger partial charge is 0.185 e. The Balaban J connectivity index is 2.22. The van der Waals surface area contributed by atoms with Gasteiger partial charge in [0.05, 0.1) is 5.69 Å². The molecule has 2 rings (SSSR count). The third-order valence-corrected chi connectivity index (χ3v) is 5.12. The third kappa shape index (κ3) is 3.32. The Morgan fingerprint density at radius 1 is 1.40 bits per heavy atom. The van der Waals surface area contributed by atoms with Gasteiger partial charge in [-0.3, -0.25) is 0 Å². The molecular weight excluding hydrogens is 268 g/mol. The molecule has 2 heterocycles. The van der Waals surface area contributed by atoms with Crippen molar-refractivity contribution in [1.82, 2.24) is 9.88 Å². The van der Waals surface area contributed by atoms with Crippen LogP contribution in [0.2, 0.25) is 0 Å². The van der Waals surface area contributed by atoms with E-state index >= 15 is 0 Å². The van der Waals surface area contributed by atoms with Gasteiger partial charge in [0.15, 0.2) is 5.13 Å². The Hall–Kier alpha value is -0.650. The number of hydrogen-bond donors (Lipinski definition) is 1. The molecule has 0 spiro atoms. The fourth-order valence-electron chi connectivity index (χ4n) is 2.75. The first-order chi connectivity index (χ1) is 9.32. The number of anilines is 1. The molecule has 0 aliphatic carbocycles. The zero-order valence-electron chi connectivity index (χ0n) is 13.4. The fourth-order valence-corrected chi connectivity index (χ4v) is 3.93. The van der Waals surface area contributed by atoms with Crippen LogP contribution in [0.1, 0.15) is 44.2 Å². The predicted octanol–water partition coefficient (Wildman–Crippen LogP) is 2.43. The molecule has 0 aromatic carbocycles. The van der Waals surface area contributed by atoms with E-state index in [0.29, 0.717) is 12.6 Å². The van der Waals surface area contributed by atoms with Gasteiger partial charge >= 0.3 is 0 Å². The summed E-state index contributed by atoms with van der Waals surface area (Å²) in [7, 11) is 4.34. The minimum Gasteiger partial charge on any atom is -0.347 e. The van der Waals surface area contributed by atoms with Gasteiger partial charge in [-0.05, 0) is 26.9 Å². The van der Waals surface area contributed by atoms with Crippen molar-refractivity contribution in [3.05, 3.63) is 10.6 Å². The SMILES string of the molecule is CN(C)C1CCCN(c2nc(C(C)(C)C)c(CN)s2)C1. The maximum Gasteiger partial charge on any atom is 0.185 e. The lowest BCUT2D eigenvalue weighted by atomic mass is 9.91. The minimum absolute atomic E-state index is 0.0696. The molecule has 1 atom stereocenters. The molecule has 1 saturated heterocycles. The van der Waals surface area contributed by atoms with E-state index in [9.17, 15) is 0 Å². The van der Waals surface area contributed by atoms with Crippen molar-refractivity contribution in [3.8, 4) is 0 Å². The summed E-state index contributed by atoms with van der Waals surface area (Å²) in [5, 5.41) is 1.15. The number of thiazole rings is 1. The number of piperidine rings is 1. The topological polar surface area (TPSA) is 45.4 Å². The van der Waals surface area contributed by atoms with E-state index in [1.165, 1.54) is 23.4 Å². The standard InChI is InChI=1S/C15H28N4S/c1-15(2,3)13-12(9-16)20-14(17-13)19-8-6-7-11(10-19)18(4)5/h11H,6-10,16H2,1-5H3. The number of nitrogens with zero attached hydrogens (tertiary/aromatic N) is 3. The van der Waals surface area contributed by atoms with Crippen LogP contribution in [0.5, 0.6) is 0 Å². The third-order valence-electron chi connectivity index (χ3n) is 3.98. The lowest BCUT2D eigenvalue weighted by Crippen LogP contribution is -2.45. The summed E-state index contributed by atoms with van der Waals surface area (Å²) in [6.07, 6.45) is 2.52. The molecule has 1 unspecified atom stereocenters. The van der Waals surface area contributed by atoms with E-state index < -0.39 is 0 Å². The Labute approximate surface area is 127 Å². The molecule has 4 nitrogen and oxygen atoms in total. The Morgan fingerprint density at radius 2 is 2.10 bits per heavy atom. The van der Waals surface area contributed by atoms with E-state index in [1.54, 1.807) is 11.3 Å². The van der Waals surface area contributed by atoms with Crippen molar-refractivity contribution in [2.75, 3.05) is 32.1 Å². The Morgan fingerprint density at radius 3 is 2.60 bits per heavy atom. The molecule has 5 heteroatoms. The summed E-state index contributed by atoms with van der Waals surface area (Å²) < 4.78 is 0. The highest BCUT2D eigenvalue weighted by molar-refractivity contribution is 7.15. The Kier molecular flexibility index (Phi) is 4.72. The van der Waals surface area contributed by atoms with Crippen LogP contribution in [0.3, 0.4) is 0 Å². The molecule has 1 fully saturated rings. The molecule has 1 aliphatic heterocycles. The largest absolute Gasteiger partial charge is 0.347 e. The van der Waals surface area contributed by atoms with Crippen LogP contribution in [0.4, 0.5) is 5.13 Å². The molecule has 0 saturated carbocycles. The molecule has 1 aromatic heterocycles.